The van der Waals surface area contributed by atoms with Gasteiger partial charge in [-0.3, -0.25) is 0 Å². The van der Waals surface area contributed by atoms with E-state index in [4.69, 9.17) is 13.9 Å². The van der Waals surface area contributed by atoms with Gasteiger partial charge in [0.1, 0.15) is 6.10 Å². The maximum atomic E-state index is 14.1. The van der Waals surface area contributed by atoms with Crippen LogP contribution >= 0.6 is 0 Å². The molecule has 0 N–H and O–H groups in total. The van der Waals surface area contributed by atoms with Gasteiger partial charge < -0.3 is 13.9 Å². The van der Waals surface area contributed by atoms with Gasteiger partial charge >= 0.3 is 12.1 Å². The Labute approximate surface area is 184 Å². The SMILES string of the molecule is C=C[C@H](C)[C@@H](CCO[Si](C)(C)C(C)(C)C)OC(=O)[C@](OC)(c1ccccc1)C(F)(F)F. The van der Waals surface area contributed by atoms with Crippen LogP contribution in [0, 0.1) is 5.92 Å². The van der Waals surface area contributed by atoms with E-state index in [9.17, 15) is 18.0 Å². The van der Waals surface area contributed by atoms with Gasteiger partial charge in [-0.25, -0.2) is 4.79 Å². The topological polar surface area (TPSA) is 44.8 Å². The Kier molecular flexibility index (Phi) is 9.11. The average molecular weight is 461 g/mol. The van der Waals surface area contributed by atoms with E-state index < -0.39 is 32.2 Å². The van der Waals surface area contributed by atoms with Crippen molar-refractivity contribution in [2.45, 2.75) is 70.1 Å². The summed E-state index contributed by atoms with van der Waals surface area (Å²) < 4.78 is 58.7. The number of hydrogen-bond donors (Lipinski definition) is 0. The van der Waals surface area contributed by atoms with Crippen LogP contribution in [0.15, 0.2) is 43.0 Å². The molecule has 0 fully saturated rings. The summed E-state index contributed by atoms with van der Waals surface area (Å²) in [4.78, 5) is 13.0. The van der Waals surface area contributed by atoms with Gasteiger partial charge in [0.05, 0.1) is 0 Å². The maximum Gasteiger partial charge on any atom is 0.432 e. The van der Waals surface area contributed by atoms with Crippen LogP contribution < -0.4 is 0 Å². The van der Waals surface area contributed by atoms with Gasteiger partial charge in [0, 0.05) is 31.6 Å². The second kappa shape index (κ2) is 10.3. The van der Waals surface area contributed by atoms with Crippen LogP contribution in [0.2, 0.25) is 18.1 Å². The smallest absolute Gasteiger partial charge is 0.432 e. The molecule has 1 aromatic carbocycles. The van der Waals surface area contributed by atoms with E-state index in [0.29, 0.717) is 0 Å². The summed E-state index contributed by atoms with van der Waals surface area (Å²) in [5.74, 6) is -1.87. The highest BCUT2D eigenvalue weighted by Gasteiger charge is 2.64. The minimum atomic E-state index is -5.01. The van der Waals surface area contributed by atoms with Gasteiger partial charge in [0.25, 0.3) is 5.60 Å². The van der Waals surface area contributed by atoms with Crippen molar-refractivity contribution >= 4 is 14.3 Å². The zero-order chi connectivity index (χ0) is 24.1. The minimum absolute atomic E-state index is 0.0158. The highest BCUT2D eigenvalue weighted by atomic mass is 28.4. The molecular formula is C23H35F3O4Si. The molecule has 0 bridgehead atoms. The molecule has 0 aromatic heterocycles. The van der Waals surface area contributed by atoms with Crippen LogP contribution in [-0.4, -0.2) is 40.3 Å². The number of hydrogen-bond acceptors (Lipinski definition) is 4. The molecule has 0 heterocycles. The van der Waals surface area contributed by atoms with Crippen LogP contribution in [0.4, 0.5) is 13.2 Å². The van der Waals surface area contributed by atoms with Crippen molar-refractivity contribution in [2.24, 2.45) is 5.92 Å². The summed E-state index contributed by atoms with van der Waals surface area (Å²) in [6.45, 7) is 16.2. The second-order valence-corrected chi connectivity index (χ2v) is 14.0. The van der Waals surface area contributed by atoms with Crippen molar-refractivity contribution < 1.29 is 31.9 Å². The van der Waals surface area contributed by atoms with Gasteiger partial charge in [-0.1, -0.05) is 64.1 Å². The molecule has 0 spiro atoms. The molecule has 0 aliphatic carbocycles. The quantitative estimate of drug-likeness (QED) is 0.236. The summed E-state index contributed by atoms with van der Waals surface area (Å²) in [5, 5.41) is -0.0158. The molecule has 176 valence electrons. The lowest BCUT2D eigenvalue weighted by atomic mass is 9.92. The zero-order valence-corrected chi connectivity index (χ0v) is 20.5. The molecule has 0 aliphatic rings. The lowest BCUT2D eigenvalue weighted by Gasteiger charge is -2.37. The molecule has 0 aliphatic heterocycles. The third-order valence-electron chi connectivity index (χ3n) is 6.06. The highest BCUT2D eigenvalue weighted by molar-refractivity contribution is 6.74. The van der Waals surface area contributed by atoms with E-state index in [2.05, 4.69) is 40.4 Å². The van der Waals surface area contributed by atoms with Crippen LogP contribution in [0.5, 0.6) is 0 Å². The van der Waals surface area contributed by atoms with Crippen LogP contribution in [-0.2, 0) is 24.3 Å². The number of benzene rings is 1. The Balaban J connectivity index is 3.15. The Morgan fingerprint density at radius 2 is 1.71 bits per heavy atom. The molecule has 0 unspecified atom stereocenters. The molecule has 4 nitrogen and oxygen atoms in total. The summed E-state index contributed by atoms with van der Waals surface area (Å²) >= 11 is 0. The number of halogens is 3. The molecular weight excluding hydrogens is 425 g/mol. The summed E-state index contributed by atoms with van der Waals surface area (Å²) in [6.07, 6.45) is -4.05. The predicted molar refractivity (Wildman–Crippen MR) is 118 cm³/mol. The zero-order valence-electron chi connectivity index (χ0n) is 19.5. The number of esters is 1. The number of ether oxygens (including phenoxy) is 2. The van der Waals surface area contributed by atoms with Crippen LogP contribution in [0.25, 0.3) is 0 Å². The van der Waals surface area contributed by atoms with E-state index in [1.807, 2.05) is 0 Å². The van der Waals surface area contributed by atoms with Crippen molar-refractivity contribution in [3.8, 4) is 0 Å². The summed E-state index contributed by atoms with van der Waals surface area (Å²) in [6, 6.07) is 6.79. The van der Waals surface area contributed by atoms with Gasteiger partial charge in [-0.2, -0.15) is 13.2 Å². The van der Waals surface area contributed by atoms with Gasteiger partial charge in [-0.05, 0) is 18.1 Å². The molecule has 0 radical (unpaired) electrons. The molecule has 3 atom stereocenters. The van der Waals surface area contributed by atoms with Gasteiger partial charge in [-0.15, -0.1) is 6.58 Å². The molecule has 0 saturated heterocycles. The van der Waals surface area contributed by atoms with E-state index in [-0.39, 0.29) is 29.5 Å². The molecule has 1 aromatic rings. The first-order valence-corrected chi connectivity index (χ1v) is 13.2. The summed E-state index contributed by atoms with van der Waals surface area (Å²) in [7, 11) is -1.20. The number of rotatable bonds is 10. The molecule has 0 saturated carbocycles. The van der Waals surface area contributed by atoms with Gasteiger partial charge in [0.15, 0.2) is 8.32 Å². The van der Waals surface area contributed by atoms with Crippen molar-refractivity contribution in [3.63, 3.8) is 0 Å². The van der Waals surface area contributed by atoms with Crippen molar-refractivity contribution in [3.05, 3.63) is 48.6 Å². The first-order valence-electron chi connectivity index (χ1n) is 10.3. The van der Waals surface area contributed by atoms with E-state index in [0.717, 1.165) is 7.11 Å². The van der Waals surface area contributed by atoms with Crippen molar-refractivity contribution in [1.29, 1.82) is 0 Å². The number of carbonyl (C=O) groups excluding carboxylic acids is 1. The van der Waals surface area contributed by atoms with E-state index in [1.54, 1.807) is 19.1 Å². The summed E-state index contributed by atoms with van der Waals surface area (Å²) in [5.41, 5.74) is -3.55. The Bertz CT molecular complexity index is 729. The maximum absolute atomic E-state index is 14.1. The normalized spacial score (nSPS) is 16.8. The first kappa shape index (κ1) is 27.4. The fourth-order valence-electron chi connectivity index (χ4n) is 2.84. The molecule has 1 rings (SSSR count). The Hall–Kier alpha value is -1.64. The fraction of sp³-hybridized carbons (Fsp3) is 0.609. The van der Waals surface area contributed by atoms with Crippen molar-refractivity contribution in [2.75, 3.05) is 13.7 Å². The monoisotopic (exact) mass is 460 g/mol. The Morgan fingerprint density at radius 3 is 2.13 bits per heavy atom. The van der Waals surface area contributed by atoms with Crippen LogP contribution in [0.3, 0.4) is 0 Å². The number of methoxy groups -OCH3 is 1. The largest absolute Gasteiger partial charge is 0.459 e. The van der Waals surface area contributed by atoms with Crippen LogP contribution in [0.1, 0.15) is 39.7 Å². The number of alkyl halides is 3. The second-order valence-electron chi connectivity index (χ2n) is 9.19. The molecule has 31 heavy (non-hydrogen) atoms. The van der Waals surface area contributed by atoms with E-state index >= 15 is 0 Å². The highest BCUT2D eigenvalue weighted by Crippen LogP contribution is 2.43. The molecule has 0 amide bonds. The third kappa shape index (κ3) is 6.20. The third-order valence-corrected chi connectivity index (χ3v) is 10.6. The minimum Gasteiger partial charge on any atom is -0.459 e. The van der Waals surface area contributed by atoms with Crippen molar-refractivity contribution in [1.82, 2.24) is 0 Å². The lowest BCUT2D eigenvalue weighted by Crippen LogP contribution is -2.53. The van der Waals surface area contributed by atoms with Gasteiger partial charge in [0.2, 0.25) is 0 Å². The lowest BCUT2D eigenvalue weighted by molar-refractivity contribution is -0.278. The predicted octanol–water partition coefficient (Wildman–Crippen LogP) is 6.24. The Morgan fingerprint density at radius 1 is 1.16 bits per heavy atom. The van der Waals surface area contributed by atoms with E-state index in [1.165, 1.54) is 24.3 Å². The first-order chi connectivity index (χ1) is 14.1. The standard InChI is InChI=1S/C23H35F3O4Si/c1-9-17(2)19(15-16-29-31(7,8)21(3,4)5)30-20(27)22(28-6,23(24,25)26)18-13-11-10-12-14-18/h9-14,17,19H,1,15-16H2,2-8H3/t17-,19+,22+/m0/s1. The number of carbonyl (C=O) groups is 1. The average Bonchev–Trinajstić information content (AvgIpc) is 2.66. The molecule has 8 heteroatoms. The fourth-order valence-corrected chi connectivity index (χ4v) is 3.90.